The number of amides is 4. The van der Waals surface area contributed by atoms with Crippen LogP contribution in [-0.4, -0.2) is 218 Å². The standard InChI is InChI=1S/C52H68N4O16/c53-9-13-61-17-21-65-25-29-69-33-35-71-31-27-67-23-19-63-15-11-55-49(57)41-5-1-37-38-2-6-43-48-44(8-4-40(46(38)48)39-3-7-42(50(55)58)47(41)45(37)39)52(60)56(51(43)59)12-16-64-20-24-68-28-32-72-36-34-70-30-26-66-22-18-62-14-10-54/h1-8H,9-36,53-54H2. The van der Waals surface area contributed by atoms with Crippen molar-refractivity contribution >= 4 is 66.7 Å². The van der Waals surface area contributed by atoms with E-state index in [1.165, 1.54) is 9.80 Å². The second-order valence-corrected chi connectivity index (χ2v) is 16.6. The highest BCUT2D eigenvalue weighted by molar-refractivity contribution is 6.41. The molecule has 4 N–H and O–H groups in total. The predicted molar refractivity (Wildman–Crippen MR) is 266 cm³/mol. The van der Waals surface area contributed by atoms with Crippen molar-refractivity contribution in [2.45, 2.75) is 0 Å². The zero-order valence-electron chi connectivity index (χ0n) is 41.0. The van der Waals surface area contributed by atoms with Gasteiger partial charge >= 0.3 is 0 Å². The van der Waals surface area contributed by atoms with Crippen LogP contribution >= 0.6 is 0 Å². The van der Waals surface area contributed by atoms with E-state index in [0.717, 1.165) is 32.3 Å². The van der Waals surface area contributed by atoms with Gasteiger partial charge in [0.05, 0.1) is 172 Å². The number of benzene rings is 5. The van der Waals surface area contributed by atoms with Crippen LogP contribution in [0.15, 0.2) is 48.5 Å². The molecule has 2 aliphatic rings. The van der Waals surface area contributed by atoms with Gasteiger partial charge < -0.3 is 68.3 Å². The van der Waals surface area contributed by atoms with Crippen LogP contribution in [0.2, 0.25) is 0 Å². The molecular weight excluding hydrogens is 937 g/mol. The van der Waals surface area contributed by atoms with Gasteiger partial charge in [-0.1, -0.05) is 24.3 Å². The lowest BCUT2D eigenvalue weighted by atomic mass is 9.82. The van der Waals surface area contributed by atoms with Crippen LogP contribution in [0.1, 0.15) is 41.4 Å². The molecule has 0 unspecified atom stereocenters. The Labute approximate surface area is 418 Å². The molecule has 5 aromatic carbocycles. The zero-order chi connectivity index (χ0) is 50.3. The number of rotatable bonds is 40. The van der Waals surface area contributed by atoms with E-state index in [-0.39, 0.29) is 39.5 Å². The Kier molecular flexibility index (Phi) is 22.7. The molecule has 0 fully saturated rings. The van der Waals surface area contributed by atoms with Gasteiger partial charge in [0.2, 0.25) is 0 Å². The number of hydrogen-bond acceptors (Lipinski definition) is 18. The van der Waals surface area contributed by atoms with Gasteiger partial charge in [-0.05, 0) is 56.6 Å². The first-order chi connectivity index (χ1) is 35.5. The molecule has 2 aliphatic heterocycles. The van der Waals surface area contributed by atoms with Crippen molar-refractivity contribution in [1.29, 1.82) is 0 Å². The topological polar surface area (TPSA) is 238 Å². The van der Waals surface area contributed by atoms with Crippen molar-refractivity contribution in [2.75, 3.05) is 185 Å². The number of carbonyl (C=O) groups is 4. The number of ether oxygens (including phenoxy) is 12. The molecule has 0 atom stereocenters. The van der Waals surface area contributed by atoms with Gasteiger partial charge in [-0.2, -0.15) is 0 Å². The SMILES string of the molecule is NCCOCCOCCOCCOCCOCCOCCN1C(=O)c2ccc3c4ccc5c6c(ccc(c7ccc(c2c37)C1=O)c64)C(=O)N(CCOCCOCCOCCOCCOCCOCCN)C5=O. The number of carbonyl (C=O) groups excluding carboxylic acids is 4. The lowest BCUT2D eigenvalue weighted by Crippen LogP contribution is -2.42. The molecule has 0 saturated carbocycles. The Bertz CT molecular complexity index is 2230. The summed E-state index contributed by atoms with van der Waals surface area (Å²) >= 11 is 0. The van der Waals surface area contributed by atoms with Crippen LogP contribution in [0.4, 0.5) is 0 Å². The van der Waals surface area contributed by atoms with Gasteiger partial charge in [-0.3, -0.25) is 29.0 Å². The van der Waals surface area contributed by atoms with E-state index < -0.39 is 23.6 Å². The lowest BCUT2D eigenvalue weighted by Gasteiger charge is -2.30. The minimum Gasteiger partial charge on any atom is -0.378 e. The van der Waals surface area contributed by atoms with Gasteiger partial charge in [-0.15, -0.1) is 0 Å². The Morgan fingerprint density at radius 1 is 0.264 bits per heavy atom. The zero-order valence-corrected chi connectivity index (χ0v) is 41.0. The van der Waals surface area contributed by atoms with Crippen molar-refractivity contribution in [2.24, 2.45) is 11.5 Å². The van der Waals surface area contributed by atoms with Gasteiger partial charge in [0, 0.05) is 46.1 Å². The third-order valence-electron chi connectivity index (χ3n) is 12.0. The summed E-state index contributed by atoms with van der Waals surface area (Å²) in [5.41, 5.74) is 12.4. The molecule has 0 saturated heterocycles. The Hall–Kier alpha value is -4.88. The number of hydrogen-bond donors (Lipinski definition) is 2. The third-order valence-corrected chi connectivity index (χ3v) is 12.0. The summed E-state index contributed by atoms with van der Waals surface area (Å²) in [6.07, 6.45) is 0. The minimum absolute atomic E-state index is 0.0748. The van der Waals surface area contributed by atoms with E-state index in [1.54, 1.807) is 24.3 Å². The molecule has 20 nitrogen and oxygen atoms in total. The fourth-order valence-corrected chi connectivity index (χ4v) is 8.66. The Morgan fingerprint density at radius 3 is 0.667 bits per heavy atom. The average Bonchev–Trinajstić information content (AvgIpc) is 3.39. The van der Waals surface area contributed by atoms with E-state index in [4.69, 9.17) is 68.3 Å². The molecule has 2 heterocycles. The monoisotopic (exact) mass is 1000 g/mol. The van der Waals surface area contributed by atoms with Gasteiger partial charge in [0.25, 0.3) is 23.6 Å². The van der Waals surface area contributed by atoms with Crippen molar-refractivity contribution in [3.05, 3.63) is 70.8 Å². The van der Waals surface area contributed by atoms with Crippen LogP contribution in [-0.2, 0) is 56.8 Å². The minimum atomic E-state index is -0.399. The Balaban J connectivity index is 0.831. The summed E-state index contributed by atoms with van der Waals surface area (Å²) in [5.74, 6) is -1.60. The molecule has 392 valence electrons. The van der Waals surface area contributed by atoms with Crippen LogP contribution in [0.25, 0.3) is 43.1 Å². The van der Waals surface area contributed by atoms with E-state index >= 15 is 0 Å². The van der Waals surface area contributed by atoms with E-state index in [0.29, 0.717) is 178 Å². The van der Waals surface area contributed by atoms with Crippen molar-refractivity contribution < 1.29 is 76.0 Å². The highest BCUT2D eigenvalue weighted by atomic mass is 16.6. The van der Waals surface area contributed by atoms with Crippen molar-refractivity contribution in [3.63, 3.8) is 0 Å². The van der Waals surface area contributed by atoms with E-state index in [2.05, 4.69) is 0 Å². The maximum atomic E-state index is 14.0. The van der Waals surface area contributed by atoms with Gasteiger partial charge in [-0.25, -0.2) is 0 Å². The highest BCUT2D eigenvalue weighted by Crippen LogP contribution is 2.46. The summed E-state index contributed by atoms with van der Waals surface area (Å²) in [5, 5.41) is 6.01. The molecule has 5 aromatic rings. The lowest BCUT2D eigenvalue weighted by molar-refractivity contribution is -0.0169. The summed E-state index contributed by atoms with van der Waals surface area (Å²) < 4.78 is 66.0. The third kappa shape index (κ3) is 14.2. The molecule has 0 radical (unpaired) electrons. The Morgan fingerprint density at radius 2 is 0.458 bits per heavy atom. The fraction of sp³-hybridized carbons (Fsp3) is 0.538. The van der Waals surface area contributed by atoms with Crippen molar-refractivity contribution in [3.8, 4) is 0 Å². The summed E-state index contributed by atoms with van der Waals surface area (Å²) in [7, 11) is 0. The molecule has 0 bridgehead atoms. The summed E-state index contributed by atoms with van der Waals surface area (Å²) in [4.78, 5) is 58.3. The second-order valence-electron chi connectivity index (χ2n) is 16.6. The number of nitrogens with two attached hydrogens (primary N) is 2. The number of fused-ring (bicyclic) bond motifs is 2. The first-order valence-electron chi connectivity index (χ1n) is 24.7. The number of nitrogens with zero attached hydrogens (tertiary/aromatic N) is 2. The molecule has 0 aliphatic carbocycles. The van der Waals surface area contributed by atoms with Crippen LogP contribution in [0.5, 0.6) is 0 Å². The molecule has 0 aromatic heterocycles. The normalized spacial score (nSPS) is 13.8. The predicted octanol–water partition coefficient (Wildman–Crippen LogP) is 3.05. The van der Waals surface area contributed by atoms with Gasteiger partial charge in [0.1, 0.15) is 0 Å². The highest BCUT2D eigenvalue weighted by Gasteiger charge is 2.36. The maximum Gasteiger partial charge on any atom is 0.261 e. The molecular formula is C52H68N4O16. The quantitative estimate of drug-likeness (QED) is 0.0248. The molecule has 72 heavy (non-hydrogen) atoms. The smallest absolute Gasteiger partial charge is 0.261 e. The first-order valence-corrected chi connectivity index (χ1v) is 24.7. The number of imide groups is 2. The van der Waals surface area contributed by atoms with E-state index in [1.807, 2.05) is 24.3 Å². The van der Waals surface area contributed by atoms with Crippen LogP contribution in [0, 0.1) is 0 Å². The average molecular weight is 1010 g/mol. The largest absolute Gasteiger partial charge is 0.378 e. The molecule has 0 spiro atoms. The maximum absolute atomic E-state index is 14.0. The van der Waals surface area contributed by atoms with Crippen LogP contribution in [0.3, 0.4) is 0 Å². The molecule has 20 heteroatoms. The van der Waals surface area contributed by atoms with Crippen molar-refractivity contribution in [1.82, 2.24) is 9.80 Å². The van der Waals surface area contributed by atoms with E-state index in [9.17, 15) is 19.2 Å². The summed E-state index contributed by atoms with van der Waals surface area (Å²) in [6, 6.07) is 14.6. The first kappa shape index (κ1) is 54.9. The van der Waals surface area contributed by atoms with Gasteiger partial charge in [0.15, 0.2) is 0 Å². The second kappa shape index (κ2) is 29.7. The van der Waals surface area contributed by atoms with Crippen LogP contribution < -0.4 is 11.5 Å². The summed E-state index contributed by atoms with van der Waals surface area (Å²) in [6.45, 7) is 11.0. The fourth-order valence-electron chi connectivity index (χ4n) is 8.66. The molecule has 4 amide bonds. The molecule has 7 rings (SSSR count).